The molecule has 0 radical (unpaired) electrons. The lowest BCUT2D eigenvalue weighted by atomic mass is 10.1. The minimum absolute atomic E-state index is 0.0480. The maximum atomic E-state index is 12.0. The first-order chi connectivity index (χ1) is 9.29. The fourth-order valence-corrected chi connectivity index (χ4v) is 2.93. The molecule has 5 heteroatoms. The summed E-state index contributed by atoms with van der Waals surface area (Å²) in [5.74, 6) is 0.529. The van der Waals surface area contributed by atoms with Crippen LogP contribution in [0.4, 0.5) is 5.69 Å². The maximum Gasteiger partial charge on any atom is 0.238 e. The first-order valence-electron chi connectivity index (χ1n) is 6.67. The van der Waals surface area contributed by atoms with Crippen LogP contribution in [0.25, 0.3) is 0 Å². The highest BCUT2D eigenvalue weighted by atomic mass is 32.2. The van der Waals surface area contributed by atoms with Crippen LogP contribution in [-0.4, -0.2) is 46.7 Å². The third-order valence-corrected chi connectivity index (χ3v) is 4.23. The molecule has 0 heterocycles. The summed E-state index contributed by atoms with van der Waals surface area (Å²) in [6, 6.07) is 6.07. The number of likely N-dealkylation sites (N-methyl/N-ethyl adjacent to an activating group) is 1. The molecule has 0 fully saturated rings. The number of carbonyl (C=O) groups excluding carboxylic acids is 1. The van der Waals surface area contributed by atoms with Gasteiger partial charge in [-0.2, -0.15) is 0 Å². The lowest BCUT2D eigenvalue weighted by Gasteiger charge is -2.23. The van der Waals surface area contributed by atoms with Crippen molar-refractivity contribution in [1.29, 1.82) is 0 Å². The average molecular weight is 296 g/mol. The van der Waals surface area contributed by atoms with Crippen LogP contribution in [-0.2, 0) is 15.6 Å². The van der Waals surface area contributed by atoms with E-state index in [4.69, 9.17) is 0 Å². The minimum atomic E-state index is -0.849. The van der Waals surface area contributed by atoms with Gasteiger partial charge in [0.15, 0.2) is 0 Å². The molecule has 20 heavy (non-hydrogen) atoms. The fourth-order valence-electron chi connectivity index (χ4n) is 1.99. The molecule has 0 unspecified atom stereocenters. The van der Waals surface area contributed by atoms with Crippen molar-refractivity contribution in [2.75, 3.05) is 30.9 Å². The summed E-state index contributed by atoms with van der Waals surface area (Å²) in [6.45, 7) is 6.28. The number of aryl methyl sites for hydroxylation is 2. The second-order valence-electron chi connectivity index (χ2n) is 5.37. The Hall–Kier alpha value is -1.20. The lowest BCUT2D eigenvalue weighted by Crippen LogP contribution is -2.39. The molecule has 0 saturated heterocycles. The van der Waals surface area contributed by atoms with Crippen LogP contribution in [0.1, 0.15) is 18.1 Å². The van der Waals surface area contributed by atoms with Gasteiger partial charge in [0, 0.05) is 34.5 Å². The Balaban J connectivity index is 2.57. The molecule has 4 nitrogen and oxygen atoms in total. The van der Waals surface area contributed by atoms with Gasteiger partial charge in [-0.25, -0.2) is 0 Å². The SMILES string of the molecule is Cc1ccc(NC(=O)CN(C)[C@@H](C)C[S@](C)=O)c(C)c1. The van der Waals surface area contributed by atoms with Gasteiger partial charge in [0.2, 0.25) is 5.91 Å². The molecule has 1 amide bonds. The molecule has 1 N–H and O–H groups in total. The van der Waals surface area contributed by atoms with Crippen LogP contribution >= 0.6 is 0 Å². The van der Waals surface area contributed by atoms with Crippen molar-refractivity contribution in [2.24, 2.45) is 0 Å². The van der Waals surface area contributed by atoms with Gasteiger partial charge in [-0.15, -0.1) is 0 Å². The fraction of sp³-hybridized carbons (Fsp3) is 0.533. The van der Waals surface area contributed by atoms with Crippen LogP contribution in [0.5, 0.6) is 0 Å². The van der Waals surface area contributed by atoms with E-state index >= 15 is 0 Å². The average Bonchev–Trinajstić information content (AvgIpc) is 2.31. The predicted octanol–water partition coefficient (Wildman–Crippen LogP) is 1.94. The number of hydrogen-bond acceptors (Lipinski definition) is 3. The standard InChI is InChI=1S/C15H24N2O2S/c1-11-6-7-14(12(2)8-11)16-15(18)9-17(4)13(3)10-20(5)19/h6-8,13H,9-10H2,1-5H3,(H,16,18)/t13-,20-/m0/s1. The van der Waals surface area contributed by atoms with E-state index in [2.05, 4.69) is 5.32 Å². The van der Waals surface area contributed by atoms with Gasteiger partial charge >= 0.3 is 0 Å². The van der Waals surface area contributed by atoms with Crippen LogP contribution < -0.4 is 5.32 Å². The highest BCUT2D eigenvalue weighted by molar-refractivity contribution is 7.84. The number of benzene rings is 1. The molecule has 112 valence electrons. The molecule has 0 aromatic heterocycles. The molecule has 2 atom stereocenters. The van der Waals surface area contributed by atoms with E-state index in [0.29, 0.717) is 12.3 Å². The molecular formula is C15H24N2O2S. The maximum absolute atomic E-state index is 12.0. The zero-order valence-corrected chi connectivity index (χ0v) is 13.7. The number of nitrogens with zero attached hydrogens (tertiary/aromatic N) is 1. The Morgan fingerprint density at radius 1 is 1.40 bits per heavy atom. The third kappa shape index (κ3) is 5.43. The molecule has 0 spiro atoms. The predicted molar refractivity (Wildman–Crippen MR) is 85.6 cm³/mol. The van der Waals surface area contributed by atoms with Crippen LogP contribution in [0.2, 0.25) is 0 Å². The molecule has 0 aliphatic heterocycles. The van der Waals surface area contributed by atoms with Crippen molar-refractivity contribution >= 4 is 22.4 Å². The summed E-state index contributed by atoms with van der Waals surface area (Å²) < 4.78 is 11.2. The topological polar surface area (TPSA) is 49.4 Å². The Morgan fingerprint density at radius 3 is 2.60 bits per heavy atom. The summed E-state index contributed by atoms with van der Waals surface area (Å²) in [7, 11) is 1.03. The zero-order valence-electron chi connectivity index (χ0n) is 12.9. The zero-order chi connectivity index (χ0) is 15.3. The highest BCUT2D eigenvalue weighted by Gasteiger charge is 2.14. The van der Waals surface area contributed by atoms with Crippen molar-refractivity contribution in [3.05, 3.63) is 29.3 Å². The Kier molecular flexibility index (Phi) is 6.36. The van der Waals surface area contributed by atoms with Crippen molar-refractivity contribution in [2.45, 2.75) is 26.8 Å². The number of rotatable bonds is 6. The largest absolute Gasteiger partial charge is 0.325 e. The highest BCUT2D eigenvalue weighted by Crippen LogP contribution is 2.15. The Morgan fingerprint density at radius 2 is 2.05 bits per heavy atom. The molecule has 1 aromatic carbocycles. The van der Waals surface area contributed by atoms with Crippen molar-refractivity contribution in [3.8, 4) is 0 Å². The number of carbonyl (C=O) groups is 1. The third-order valence-electron chi connectivity index (χ3n) is 3.28. The molecular weight excluding hydrogens is 272 g/mol. The van der Waals surface area contributed by atoms with Crippen molar-refractivity contribution in [1.82, 2.24) is 4.90 Å². The van der Waals surface area contributed by atoms with Gasteiger partial charge in [0.25, 0.3) is 0 Å². The summed E-state index contributed by atoms with van der Waals surface area (Å²) in [4.78, 5) is 13.9. The summed E-state index contributed by atoms with van der Waals surface area (Å²) in [5.41, 5.74) is 3.08. The summed E-state index contributed by atoms with van der Waals surface area (Å²) >= 11 is 0. The van der Waals surface area contributed by atoms with Crippen molar-refractivity contribution < 1.29 is 9.00 Å². The van der Waals surface area contributed by atoms with Gasteiger partial charge in [0.05, 0.1) is 6.54 Å². The van der Waals surface area contributed by atoms with Gasteiger partial charge in [-0.05, 0) is 39.4 Å². The van der Waals surface area contributed by atoms with Gasteiger partial charge in [-0.1, -0.05) is 17.7 Å². The van der Waals surface area contributed by atoms with E-state index in [9.17, 15) is 9.00 Å². The first kappa shape index (κ1) is 16.9. The second kappa shape index (κ2) is 7.55. The van der Waals surface area contributed by atoms with Crippen LogP contribution in [0.15, 0.2) is 18.2 Å². The molecule has 0 aliphatic rings. The molecule has 1 aromatic rings. The van der Waals surface area contributed by atoms with E-state index in [-0.39, 0.29) is 11.9 Å². The normalized spacial score (nSPS) is 14.1. The number of amides is 1. The van der Waals surface area contributed by atoms with Crippen molar-refractivity contribution in [3.63, 3.8) is 0 Å². The monoisotopic (exact) mass is 296 g/mol. The molecule has 0 bridgehead atoms. The molecule has 0 aliphatic carbocycles. The number of nitrogens with one attached hydrogen (secondary N) is 1. The minimum Gasteiger partial charge on any atom is -0.325 e. The number of hydrogen-bond donors (Lipinski definition) is 1. The van der Waals surface area contributed by atoms with Crippen LogP contribution in [0, 0.1) is 13.8 Å². The van der Waals surface area contributed by atoms with E-state index in [1.54, 1.807) is 6.26 Å². The van der Waals surface area contributed by atoms with E-state index in [0.717, 1.165) is 11.3 Å². The van der Waals surface area contributed by atoms with Gasteiger partial charge in [0.1, 0.15) is 0 Å². The molecule has 0 saturated carbocycles. The quantitative estimate of drug-likeness (QED) is 0.873. The second-order valence-corrected chi connectivity index (χ2v) is 6.85. The van der Waals surface area contributed by atoms with E-state index < -0.39 is 10.8 Å². The Bertz CT molecular complexity index is 503. The summed E-state index contributed by atoms with van der Waals surface area (Å²) in [6.07, 6.45) is 1.68. The first-order valence-corrected chi connectivity index (χ1v) is 8.39. The van der Waals surface area contributed by atoms with Gasteiger partial charge in [-0.3, -0.25) is 13.9 Å². The number of anilines is 1. The van der Waals surface area contributed by atoms with Crippen LogP contribution in [0.3, 0.4) is 0 Å². The van der Waals surface area contributed by atoms with E-state index in [1.165, 1.54) is 5.56 Å². The molecule has 1 rings (SSSR count). The Labute approximate surface area is 124 Å². The lowest BCUT2D eigenvalue weighted by molar-refractivity contribution is -0.117. The van der Waals surface area contributed by atoms with E-state index in [1.807, 2.05) is 50.9 Å². The van der Waals surface area contributed by atoms with Gasteiger partial charge < -0.3 is 5.32 Å². The smallest absolute Gasteiger partial charge is 0.238 e. The summed E-state index contributed by atoms with van der Waals surface area (Å²) in [5, 5.41) is 2.92.